The van der Waals surface area contributed by atoms with E-state index in [1.54, 1.807) is 6.20 Å². The minimum absolute atomic E-state index is 0.0415. The van der Waals surface area contributed by atoms with E-state index in [4.69, 9.17) is 16.7 Å². The summed E-state index contributed by atoms with van der Waals surface area (Å²) >= 11 is 5.83. The number of amides is 1. The highest BCUT2D eigenvalue weighted by atomic mass is 35.5. The molecule has 2 aromatic rings. The number of benzene rings is 1. The van der Waals surface area contributed by atoms with Gasteiger partial charge in [0.1, 0.15) is 16.9 Å². The Hall–Kier alpha value is -2.08. The highest BCUT2D eigenvalue weighted by Crippen LogP contribution is 2.28. The van der Waals surface area contributed by atoms with Crippen molar-refractivity contribution in [1.29, 1.82) is 0 Å². The van der Waals surface area contributed by atoms with Gasteiger partial charge in [-0.1, -0.05) is 11.6 Å². The fraction of sp³-hybridized carbons (Fsp3) is 0.231. The molecule has 5 nitrogen and oxygen atoms in total. The minimum Gasteiger partial charge on any atom is -0.480 e. The standard InChI is InChI=1S/C13H12ClFN2O3/c1-6(18)17-10(13(19)20)4-7-5-16-12-8(7)2-3-9(15)11(12)14/h2-3,5,10,16H,4H2,1H3,(H,17,18)(H,19,20). The van der Waals surface area contributed by atoms with Crippen LogP contribution in [0.5, 0.6) is 0 Å². The van der Waals surface area contributed by atoms with E-state index in [2.05, 4.69) is 10.3 Å². The van der Waals surface area contributed by atoms with Crippen LogP contribution >= 0.6 is 11.6 Å². The summed E-state index contributed by atoms with van der Waals surface area (Å²) < 4.78 is 13.3. The number of aromatic amines is 1. The van der Waals surface area contributed by atoms with Gasteiger partial charge in [0.05, 0.1) is 5.52 Å². The maximum Gasteiger partial charge on any atom is 0.326 e. The highest BCUT2D eigenvalue weighted by molar-refractivity contribution is 6.35. The number of carboxylic acid groups (broad SMARTS) is 1. The van der Waals surface area contributed by atoms with Gasteiger partial charge in [0.2, 0.25) is 5.91 Å². The monoisotopic (exact) mass is 298 g/mol. The summed E-state index contributed by atoms with van der Waals surface area (Å²) in [7, 11) is 0. The molecule has 0 saturated heterocycles. The van der Waals surface area contributed by atoms with E-state index in [1.165, 1.54) is 19.1 Å². The van der Waals surface area contributed by atoms with Gasteiger partial charge in [0.15, 0.2) is 0 Å². The van der Waals surface area contributed by atoms with E-state index in [-0.39, 0.29) is 11.4 Å². The van der Waals surface area contributed by atoms with Crippen LogP contribution in [0.15, 0.2) is 18.3 Å². The lowest BCUT2D eigenvalue weighted by Crippen LogP contribution is -2.41. The number of nitrogens with one attached hydrogen (secondary N) is 2. The van der Waals surface area contributed by atoms with Gasteiger partial charge in [0.25, 0.3) is 0 Å². The molecule has 3 N–H and O–H groups in total. The summed E-state index contributed by atoms with van der Waals surface area (Å²) in [6, 6.07) is 1.70. The lowest BCUT2D eigenvalue weighted by Gasteiger charge is -2.12. The summed E-state index contributed by atoms with van der Waals surface area (Å²) in [5, 5.41) is 12.0. The Morgan fingerprint density at radius 3 is 2.80 bits per heavy atom. The number of rotatable bonds is 4. The van der Waals surface area contributed by atoms with Gasteiger partial charge >= 0.3 is 5.97 Å². The average Bonchev–Trinajstić information content (AvgIpc) is 2.76. The van der Waals surface area contributed by atoms with Crippen molar-refractivity contribution < 1.29 is 19.1 Å². The van der Waals surface area contributed by atoms with Crippen LogP contribution in [0.3, 0.4) is 0 Å². The summed E-state index contributed by atoms with van der Waals surface area (Å²) in [6.45, 7) is 1.25. The van der Waals surface area contributed by atoms with Gasteiger partial charge in [-0.3, -0.25) is 4.79 Å². The van der Waals surface area contributed by atoms with Crippen molar-refractivity contribution in [3.8, 4) is 0 Å². The van der Waals surface area contributed by atoms with E-state index < -0.39 is 23.7 Å². The summed E-state index contributed by atoms with van der Waals surface area (Å²) in [5.74, 6) is -2.12. The predicted molar refractivity (Wildman–Crippen MR) is 72.2 cm³/mol. The van der Waals surface area contributed by atoms with Gasteiger partial charge < -0.3 is 15.4 Å². The van der Waals surface area contributed by atoms with Crippen LogP contribution in [0.2, 0.25) is 5.02 Å². The molecule has 1 aromatic carbocycles. The second-order valence-corrected chi connectivity index (χ2v) is 4.77. The number of carbonyl (C=O) groups excluding carboxylic acids is 1. The molecule has 7 heteroatoms. The Bertz CT molecular complexity index is 684. The molecule has 1 atom stereocenters. The Morgan fingerprint density at radius 1 is 1.50 bits per heavy atom. The largest absolute Gasteiger partial charge is 0.480 e. The van der Waals surface area contributed by atoms with Crippen molar-refractivity contribution in [2.24, 2.45) is 0 Å². The van der Waals surface area contributed by atoms with Crippen LogP contribution in [-0.4, -0.2) is 28.0 Å². The van der Waals surface area contributed by atoms with Gasteiger partial charge in [-0.2, -0.15) is 0 Å². The number of carbonyl (C=O) groups is 2. The Balaban J connectivity index is 2.36. The molecule has 0 aliphatic carbocycles. The zero-order chi connectivity index (χ0) is 14.9. The maximum absolute atomic E-state index is 13.3. The van der Waals surface area contributed by atoms with Gasteiger partial charge in [-0.15, -0.1) is 0 Å². The molecule has 2 rings (SSSR count). The first kappa shape index (κ1) is 14.3. The topological polar surface area (TPSA) is 82.2 Å². The van der Waals surface area contributed by atoms with Crippen LogP contribution in [0, 0.1) is 5.82 Å². The fourth-order valence-electron chi connectivity index (χ4n) is 2.03. The van der Waals surface area contributed by atoms with Crippen molar-refractivity contribution in [2.45, 2.75) is 19.4 Å². The fourth-order valence-corrected chi connectivity index (χ4v) is 2.25. The van der Waals surface area contributed by atoms with Crippen LogP contribution in [0.1, 0.15) is 12.5 Å². The quantitative estimate of drug-likeness (QED) is 0.808. The number of aromatic nitrogens is 1. The van der Waals surface area contributed by atoms with Crippen molar-refractivity contribution in [2.75, 3.05) is 0 Å². The molecule has 20 heavy (non-hydrogen) atoms. The van der Waals surface area contributed by atoms with E-state index >= 15 is 0 Å². The third-order valence-electron chi connectivity index (χ3n) is 2.93. The maximum atomic E-state index is 13.3. The van der Waals surface area contributed by atoms with E-state index in [0.29, 0.717) is 16.5 Å². The minimum atomic E-state index is -1.14. The van der Waals surface area contributed by atoms with E-state index in [1.807, 2.05) is 0 Å². The molecule has 0 aliphatic rings. The number of fused-ring (bicyclic) bond motifs is 1. The van der Waals surface area contributed by atoms with Crippen molar-refractivity contribution >= 4 is 34.4 Å². The molecule has 0 saturated carbocycles. The molecule has 0 spiro atoms. The van der Waals surface area contributed by atoms with E-state index in [0.717, 1.165) is 0 Å². The third-order valence-corrected chi connectivity index (χ3v) is 3.30. The summed E-state index contributed by atoms with van der Waals surface area (Å²) in [6.07, 6.45) is 1.64. The average molecular weight is 299 g/mol. The Labute approximate surface area is 118 Å². The second kappa shape index (κ2) is 5.50. The highest BCUT2D eigenvalue weighted by Gasteiger charge is 2.21. The first-order valence-electron chi connectivity index (χ1n) is 5.84. The molecule has 0 fully saturated rings. The lowest BCUT2D eigenvalue weighted by atomic mass is 10.0. The Kier molecular flexibility index (Phi) is 3.94. The van der Waals surface area contributed by atoms with Crippen molar-refractivity contribution in [3.05, 3.63) is 34.7 Å². The second-order valence-electron chi connectivity index (χ2n) is 4.39. The van der Waals surface area contributed by atoms with Crippen LogP contribution in [-0.2, 0) is 16.0 Å². The summed E-state index contributed by atoms with van der Waals surface area (Å²) in [5.41, 5.74) is 1.05. The number of aliphatic carboxylic acids is 1. The molecule has 106 valence electrons. The number of carboxylic acids is 1. The molecule has 1 amide bonds. The third kappa shape index (κ3) is 2.75. The van der Waals surface area contributed by atoms with Crippen LogP contribution in [0.25, 0.3) is 10.9 Å². The number of hydrogen-bond acceptors (Lipinski definition) is 2. The normalized spacial score (nSPS) is 12.3. The summed E-state index contributed by atoms with van der Waals surface area (Å²) in [4.78, 5) is 24.9. The molecule has 1 aromatic heterocycles. The predicted octanol–water partition coefficient (Wildman–Crippen LogP) is 2.09. The first-order chi connectivity index (χ1) is 9.40. The molecule has 1 unspecified atom stereocenters. The smallest absolute Gasteiger partial charge is 0.326 e. The van der Waals surface area contributed by atoms with Gasteiger partial charge in [-0.25, -0.2) is 9.18 Å². The number of halogens is 2. The molecule has 0 bridgehead atoms. The van der Waals surface area contributed by atoms with Gasteiger partial charge in [0, 0.05) is 24.9 Å². The van der Waals surface area contributed by atoms with Crippen molar-refractivity contribution in [3.63, 3.8) is 0 Å². The van der Waals surface area contributed by atoms with Crippen LogP contribution in [0.4, 0.5) is 4.39 Å². The number of H-pyrrole nitrogens is 1. The number of hydrogen-bond donors (Lipinski definition) is 3. The molecular formula is C13H12ClFN2O3. The molecule has 0 radical (unpaired) electrons. The van der Waals surface area contributed by atoms with Gasteiger partial charge in [-0.05, 0) is 17.7 Å². The zero-order valence-corrected chi connectivity index (χ0v) is 11.3. The molecule has 0 aliphatic heterocycles. The SMILES string of the molecule is CC(=O)NC(Cc1c[nH]c2c(Cl)c(F)ccc12)C(=O)O. The zero-order valence-electron chi connectivity index (χ0n) is 10.5. The van der Waals surface area contributed by atoms with Crippen LogP contribution < -0.4 is 5.32 Å². The van der Waals surface area contributed by atoms with Crippen molar-refractivity contribution in [1.82, 2.24) is 10.3 Å². The molecule has 1 heterocycles. The molecular weight excluding hydrogens is 287 g/mol. The van der Waals surface area contributed by atoms with E-state index in [9.17, 15) is 14.0 Å². The lowest BCUT2D eigenvalue weighted by molar-refractivity contribution is -0.141. The first-order valence-corrected chi connectivity index (χ1v) is 6.21. The Morgan fingerprint density at radius 2 is 2.20 bits per heavy atom.